The maximum absolute atomic E-state index is 14.0. The average Bonchev–Trinajstić information content (AvgIpc) is 2.95. The number of aromatic hydroxyl groups is 1. The summed E-state index contributed by atoms with van der Waals surface area (Å²) in [6.45, 7) is 3.75. The molecule has 1 heterocycles. The molecule has 3 fully saturated rings. The smallest absolute Gasteiger partial charge is 0.235 e. The van der Waals surface area contributed by atoms with Gasteiger partial charge in [-0.15, -0.1) is 0 Å². The number of carbonyl (C=O) groups excluding carboxylic acids is 5. The number of rotatable bonds is 5. The summed E-state index contributed by atoms with van der Waals surface area (Å²) >= 11 is 0. The number of carbonyl (C=O) groups is 5. The zero-order valence-corrected chi connectivity index (χ0v) is 24.1. The maximum Gasteiger partial charge on any atom is 0.235 e. The fraction of sp³-hybridized carbons (Fsp3) is 0.469. The van der Waals surface area contributed by atoms with Crippen LogP contribution < -0.4 is 5.73 Å². The topological polar surface area (TPSA) is 168 Å². The molecule has 3 aliphatic carbocycles. The van der Waals surface area contributed by atoms with E-state index in [1.807, 2.05) is 24.3 Å². The van der Waals surface area contributed by atoms with Crippen LogP contribution in [0.1, 0.15) is 27.9 Å². The van der Waals surface area contributed by atoms with Gasteiger partial charge in [-0.05, 0) is 67.2 Å². The predicted octanol–water partition coefficient (Wildman–Crippen LogP) is 0.366. The van der Waals surface area contributed by atoms with Crippen molar-refractivity contribution in [2.24, 2.45) is 29.4 Å². The van der Waals surface area contributed by atoms with E-state index in [4.69, 9.17) is 10.5 Å². The second-order valence-corrected chi connectivity index (χ2v) is 12.4. The zero-order chi connectivity index (χ0) is 30.8. The number of phenolic OH excluding ortho intramolecular Hbond substituents is 1. The van der Waals surface area contributed by atoms with E-state index in [0.717, 1.165) is 36.3 Å². The van der Waals surface area contributed by atoms with Gasteiger partial charge in [-0.3, -0.25) is 33.8 Å². The van der Waals surface area contributed by atoms with E-state index in [-0.39, 0.29) is 24.2 Å². The van der Waals surface area contributed by atoms with Gasteiger partial charge in [0.2, 0.25) is 5.91 Å². The summed E-state index contributed by atoms with van der Waals surface area (Å²) < 4.78 is 5.45. The Hall–Kier alpha value is -3.77. The van der Waals surface area contributed by atoms with Crippen molar-refractivity contribution in [1.82, 2.24) is 9.80 Å². The molecule has 0 aromatic heterocycles. The van der Waals surface area contributed by atoms with Crippen LogP contribution >= 0.6 is 0 Å². The number of morpholine rings is 1. The van der Waals surface area contributed by atoms with Gasteiger partial charge in [-0.25, -0.2) is 0 Å². The largest absolute Gasteiger partial charge is 0.507 e. The lowest BCUT2D eigenvalue weighted by Gasteiger charge is -2.52. The van der Waals surface area contributed by atoms with Crippen LogP contribution in [-0.2, 0) is 36.9 Å². The Morgan fingerprint density at radius 2 is 1.81 bits per heavy atom. The molecule has 6 atom stereocenters. The Balaban J connectivity index is 1.41. The maximum atomic E-state index is 14.0. The van der Waals surface area contributed by atoms with Gasteiger partial charge in [0.05, 0.1) is 30.7 Å². The van der Waals surface area contributed by atoms with Crippen LogP contribution in [0.4, 0.5) is 0 Å². The van der Waals surface area contributed by atoms with E-state index in [1.54, 1.807) is 20.2 Å². The van der Waals surface area contributed by atoms with E-state index in [0.29, 0.717) is 18.8 Å². The van der Waals surface area contributed by atoms with Gasteiger partial charge < -0.3 is 20.7 Å². The third-order valence-electron chi connectivity index (χ3n) is 9.69. The lowest BCUT2D eigenvalue weighted by atomic mass is 9.52. The molecule has 4 N–H and O–H groups in total. The Morgan fingerprint density at radius 3 is 2.49 bits per heavy atom. The van der Waals surface area contributed by atoms with Crippen molar-refractivity contribution in [3.63, 3.8) is 0 Å². The molecule has 0 spiro atoms. The first-order chi connectivity index (χ1) is 20.4. The number of ketones is 4. The van der Waals surface area contributed by atoms with Crippen LogP contribution in [0.2, 0.25) is 0 Å². The molecule has 1 amide bonds. The van der Waals surface area contributed by atoms with Crippen LogP contribution in [0, 0.1) is 23.7 Å². The van der Waals surface area contributed by atoms with Crippen molar-refractivity contribution in [2.45, 2.75) is 31.0 Å². The number of benzene rings is 2. The van der Waals surface area contributed by atoms with Gasteiger partial charge in [0, 0.05) is 25.6 Å². The molecule has 2 aromatic carbocycles. The number of phenols is 1. The number of nitrogens with zero attached hydrogens (tertiary/aromatic N) is 2. The van der Waals surface area contributed by atoms with E-state index in [2.05, 4.69) is 4.90 Å². The van der Waals surface area contributed by atoms with E-state index in [9.17, 15) is 34.2 Å². The average molecular weight is 590 g/mol. The minimum absolute atomic E-state index is 0.00998. The van der Waals surface area contributed by atoms with Crippen LogP contribution in [0.25, 0.3) is 11.1 Å². The number of aliphatic hydroxyl groups is 1. The fourth-order valence-electron chi connectivity index (χ4n) is 7.73. The van der Waals surface area contributed by atoms with Crippen molar-refractivity contribution in [3.8, 4) is 16.9 Å². The summed E-state index contributed by atoms with van der Waals surface area (Å²) in [6, 6.07) is 9.99. The molecule has 1 saturated heterocycles. The molecule has 6 rings (SSSR count). The molecular weight excluding hydrogens is 554 g/mol. The molecule has 43 heavy (non-hydrogen) atoms. The van der Waals surface area contributed by atoms with Crippen molar-refractivity contribution in [1.29, 1.82) is 0 Å². The number of primary amides is 1. The normalized spacial score (nSPS) is 31.0. The van der Waals surface area contributed by atoms with Crippen molar-refractivity contribution >= 4 is 29.0 Å². The number of amides is 1. The predicted molar refractivity (Wildman–Crippen MR) is 153 cm³/mol. The van der Waals surface area contributed by atoms with Crippen molar-refractivity contribution < 1.29 is 38.9 Å². The molecule has 4 aliphatic rings. The van der Waals surface area contributed by atoms with Gasteiger partial charge in [0.15, 0.2) is 34.7 Å². The molecule has 2 saturated carbocycles. The monoisotopic (exact) mass is 589 g/mol. The van der Waals surface area contributed by atoms with E-state index in [1.165, 1.54) is 11.0 Å². The molecule has 226 valence electrons. The first-order valence-corrected chi connectivity index (χ1v) is 14.5. The second-order valence-electron chi connectivity index (χ2n) is 12.4. The standard InChI is InChI=1S/C32H35N3O8/c1-34(2)26-21-14-18-13-20-19(17-5-3-4-16(12-17)15-35-8-10-43-11-9-35)6-7-22(36)24(20)27(37)23(18)29(39)32(21,42)30(40)25(28(26)38)31(33)41/h3-7,12,18,21,23,25-26,36,42H,8-11,13-15H2,1-2H3,(H2,33,41)/t18-,21-,23?,25?,26-,32-/m0/s1. The SMILES string of the molecule is CN(C)[C@@H]1C(=O)C(C(N)=O)C(=O)[C@@]2(O)C(=O)C3C(=O)c4c(O)ccc(-c5cccc(CN6CCOCC6)c5)c4C[C@H]3C[C@@H]12. The molecule has 11 nitrogen and oxygen atoms in total. The van der Waals surface area contributed by atoms with Gasteiger partial charge in [-0.1, -0.05) is 24.3 Å². The van der Waals surface area contributed by atoms with Crippen LogP contribution in [0.5, 0.6) is 5.75 Å². The third kappa shape index (κ3) is 4.53. The summed E-state index contributed by atoms with van der Waals surface area (Å²) in [4.78, 5) is 70.7. The molecule has 1 aliphatic heterocycles. The number of hydrogen-bond acceptors (Lipinski definition) is 10. The van der Waals surface area contributed by atoms with E-state index < -0.39 is 64.4 Å². The molecule has 2 unspecified atom stereocenters. The highest BCUT2D eigenvalue weighted by molar-refractivity contribution is 6.32. The molecule has 0 bridgehead atoms. The number of fused-ring (bicyclic) bond motifs is 3. The minimum Gasteiger partial charge on any atom is -0.507 e. The number of nitrogens with two attached hydrogens (primary N) is 1. The van der Waals surface area contributed by atoms with Crippen LogP contribution in [0.3, 0.4) is 0 Å². The Morgan fingerprint density at radius 1 is 1.09 bits per heavy atom. The number of ether oxygens (including phenoxy) is 1. The lowest BCUT2D eigenvalue weighted by molar-refractivity contribution is -0.181. The fourth-order valence-corrected chi connectivity index (χ4v) is 7.73. The molecule has 11 heteroatoms. The van der Waals surface area contributed by atoms with Gasteiger partial charge in [-0.2, -0.15) is 0 Å². The van der Waals surface area contributed by atoms with Gasteiger partial charge >= 0.3 is 0 Å². The van der Waals surface area contributed by atoms with Crippen molar-refractivity contribution in [2.75, 3.05) is 40.4 Å². The summed E-state index contributed by atoms with van der Waals surface area (Å²) in [7, 11) is 3.13. The highest BCUT2D eigenvalue weighted by atomic mass is 16.5. The van der Waals surface area contributed by atoms with Gasteiger partial charge in [0.25, 0.3) is 0 Å². The van der Waals surface area contributed by atoms with Crippen LogP contribution in [-0.4, -0.2) is 101 Å². The summed E-state index contributed by atoms with van der Waals surface area (Å²) in [6.07, 6.45) is 0.222. The number of likely N-dealkylation sites (N-methyl/N-ethyl adjacent to an activating group) is 1. The minimum atomic E-state index is -2.74. The highest BCUT2D eigenvalue weighted by Gasteiger charge is 2.69. The molecule has 2 aromatic rings. The summed E-state index contributed by atoms with van der Waals surface area (Å²) in [5, 5.41) is 22.6. The first-order valence-electron chi connectivity index (χ1n) is 14.5. The zero-order valence-electron chi connectivity index (χ0n) is 24.1. The number of hydrogen-bond donors (Lipinski definition) is 3. The first kappa shape index (κ1) is 29.3. The quantitative estimate of drug-likeness (QED) is 0.415. The number of Topliss-reactive ketones (excluding diaryl/α,β-unsaturated/α-hetero) is 4. The van der Waals surface area contributed by atoms with E-state index >= 15 is 0 Å². The second kappa shape index (κ2) is 10.7. The Labute approximate surface area is 248 Å². The Bertz CT molecular complexity index is 1550. The summed E-state index contributed by atoms with van der Waals surface area (Å²) in [5.41, 5.74) is 5.89. The molecule has 0 radical (unpaired) electrons. The highest BCUT2D eigenvalue weighted by Crippen LogP contribution is 2.51. The van der Waals surface area contributed by atoms with Crippen LogP contribution in [0.15, 0.2) is 36.4 Å². The van der Waals surface area contributed by atoms with Gasteiger partial charge in [0.1, 0.15) is 5.75 Å². The lowest BCUT2D eigenvalue weighted by Crippen LogP contribution is -2.74. The van der Waals surface area contributed by atoms with Crippen molar-refractivity contribution in [3.05, 3.63) is 53.1 Å². The summed E-state index contributed by atoms with van der Waals surface area (Å²) in [5.74, 6) is -10.5. The third-order valence-corrected chi connectivity index (χ3v) is 9.69. The Kier molecular flexibility index (Phi) is 7.32. The molecular formula is C32H35N3O8.